The standard InChI is InChI=1S/C15H13F3N2O/c1-10(20-14(21)12-5-3-7-19-9-12)11-4-2-6-13(8-11)15(16,17)18/h2-10H,1H3,(H,20,21)/t10-/m1/s1. The van der Waals surface area contributed by atoms with Gasteiger partial charge < -0.3 is 5.32 Å². The molecule has 0 radical (unpaired) electrons. The highest BCUT2D eigenvalue weighted by Crippen LogP contribution is 2.30. The Labute approximate surface area is 119 Å². The molecule has 0 aliphatic heterocycles. The zero-order valence-electron chi connectivity index (χ0n) is 11.2. The fourth-order valence-electron chi connectivity index (χ4n) is 1.84. The highest BCUT2D eigenvalue weighted by atomic mass is 19.4. The molecular weight excluding hydrogens is 281 g/mol. The zero-order chi connectivity index (χ0) is 15.5. The summed E-state index contributed by atoms with van der Waals surface area (Å²) in [5.74, 6) is -0.381. The van der Waals surface area contributed by atoms with Gasteiger partial charge in [0.05, 0.1) is 17.2 Å². The number of carbonyl (C=O) groups excluding carboxylic acids is 1. The Balaban J connectivity index is 2.14. The Morgan fingerprint density at radius 2 is 2.00 bits per heavy atom. The molecule has 0 unspecified atom stereocenters. The normalized spacial score (nSPS) is 12.8. The lowest BCUT2D eigenvalue weighted by molar-refractivity contribution is -0.137. The van der Waals surface area contributed by atoms with Crippen molar-refractivity contribution >= 4 is 5.91 Å². The summed E-state index contributed by atoms with van der Waals surface area (Å²) in [7, 11) is 0. The molecule has 1 atom stereocenters. The second kappa shape index (κ2) is 5.95. The van der Waals surface area contributed by atoms with Gasteiger partial charge in [0.15, 0.2) is 0 Å². The van der Waals surface area contributed by atoms with Crippen LogP contribution in [0.2, 0.25) is 0 Å². The fourth-order valence-corrected chi connectivity index (χ4v) is 1.84. The third kappa shape index (κ3) is 3.81. The van der Waals surface area contributed by atoms with Crippen molar-refractivity contribution in [2.24, 2.45) is 0 Å². The van der Waals surface area contributed by atoms with Gasteiger partial charge in [0.2, 0.25) is 0 Å². The van der Waals surface area contributed by atoms with E-state index in [0.717, 1.165) is 12.1 Å². The lowest BCUT2D eigenvalue weighted by Crippen LogP contribution is -2.26. The largest absolute Gasteiger partial charge is 0.416 e. The van der Waals surface area contributed by atoms with E-state index in [-0.39, 0.29) is 5.91 Å². The Morgan fingerprint density at radius 3 is 2.62 bits per heavy atom. The molecule has 1 aromatic heterocycles. The lowest BCUT2D eigenvalue weighted by Gasteiger charge is -2.16. The molecule has 1 N–H and O–H groups in total. The van der Waals surface area contributed by atoms with Crippen LogP contribution in [0.25, 0.3) is 0 Å². The maximum absolute atomic E-state index is 12.7. The first-order valence-corrected chi connectivity index (χ1v) is 6.26. The average Bonchev–Trinajstić information content (AvgIpc) is 2.47. The third-order valence-corrected chi connectivity index (χ3v) is 2.99. The summed E-state index contributed by atoms with van der Waals surface area (Å²) in [5, 5.41) is 2.64. The van der Waals surface area contributed by atoms with E-state index in [1.54, 1.807) is 25.1 Å². The van der Waals surface area contributed by atoms with Crippen LogP contribution < -0.4 is 5.32 Å². The highest BCUT2D eigenvalue weighted by Gasteiger charge is 2.30. The van der Waals surface area contributed by atoms with Crippen LogP contribution in [0.1, 0.15) is 34.5 Å². The Morgan fingerprint density at radius 1 is 1.24 bits per heavy atom. The van der Waals surface area contributed by atoms with Crippen LogP contribution in [0.4, 0.5) is 13.2 Å². The number of hydrogen-bond acceptors (Lipinski definition) is 2. The van der Waals surface area contributed by atoms with Crippen molar-refractivity contribution in [2.75, 3.05) is 0 Å². The van der Waals surface area contributed by atoms with Gasteiger partial charge in [0.25, 0.3) is 5.91 Å². The van der Waals surface area contributed by atoms with E-state index in [4.69, 9.17) is 0 Å². The Hall–Kier alpha value is -2.37. The van der Waals surface area contributed by atoms with Gasteiger partial charge in [0.1, 0.15) is 0 Å². The number of alkyl halides is 3. The van der Waals surface area contributed by atoms with Gasteiger partial charge in [-0.3, -0.25) is 9.78 Å². The number of rotatable bonds is 3. The van der Waals surface area contributed by atoms with Crippen molar-refractivity contribution in [2.45, 2.75) is 19.1 Å². The number of carbonyl (C=O) groups is 1. The molecular formula is C15H13F3N2O. The molecule has 3 nitrogen and oxygen atoms in total. The van der Waals surface area contributed by atoms with Gasteiger partial charge in [-0.15, -0.1) is 0 Å². The van der Waals surface area contributed by atoms with Crippen molar-refractivity contribution in [3.05, 3.63) is 65.5 Å². The average molecular weight is 294 g/mol. The number of amides is 1. The van der Waals surface area contributed by atoms with Crippen LogP contribution in [-0.2, 0) is 6.18 Å². The SMILES string of the molecule is C[C@@H](NC(=O)c1cccnc1)c1cccc(C(F)(F)F)c1. The molecule has 0 aliphatic carbocycles. The minimum atomic E-state index is -4.40. The van der Waals surface area contributed by atoms with Gasteiger partial charge in [-0.25, -0.2) is 0 Å². The number of pyridine rings is 1. The minimum absolute atomic E-state index is 0.358. The summed E-state index contributed by atoms with van der Waals surface area (Å²) in [4.78, 5) is 15.8. The molecule has 2 aromatic rings. The summed E-state index contributed by atoms with van der Waals surface area (Å²) in [5.41, 5.74) is 0.0147. The lowest BCUT2D eigenvalue weighted by atomic mass is 10.0. The molecule has 21 heavy (non-hydrogen) atoms. The number of aromatic nitrogens is 1. The molecule has 0 aliphatic rings. The van der Waals surface area contributed by atoms with Crippen molar-refractivity contribution in [1.82, 2.24) is 10.3 Å². The van der Waals surface area contributed by atoms with Gasteiger partial charge in [0, 0.05) is 12.4 Å². The van der Waals surface area contributed by atoms with Crippen LogP contribution in [-0.4, -0.2) is 10.9 Å². The first-order valence-electron chi connectivity index (χ1n) is 6.26. The van der Waals surface area contributed by atoms with Crippen LogP contribution in [0.3, 0.4) is 0 Å². The molecule has 1 amide bonds. The predicted molar refractivity (Wildman–Crippen MR) is 71.6 cm³/mol. The summed E-state index contributed by atoms with van der Waals surface area (Å²) in [6.07, 6.45) is -1.47. The van der Waals surface area contributed by atoms with Crippen LogP contribution in [0, 0.1) is 0 Å². The number of benzene rings is 1. The molecule has 0 fully saturated rings. The van der Waals surface area contributed by atoms with E-state index in [1.165, 1.54) is 18.5 Å². The van der Waals surface area contributed by atoms with Crippen LogP contribution in [0.15, 0.2) is 48.8 Å². The molecule has 110 valence electrons. The number of nitrogens with zero attached hydrogens (tertiary/aromatic N) is 1. The quantitative estimate of drug-likeness (QED) is 0.940. The molecule has 0 saturated carbocycles. The third-order valence-electron chi connectivity index (χ3n) is 2.99. The van der Waals surface area contributed by atoms with E-state index in [0.29, 0.717) is 11.1 Å². The summed E-state index contributed by atoms with van der Waals surface area (Å²) < 4.78 is 38.0. The number of nitrogens with one attached hydrogen (secondary N) is 1. The second-order valence-electron chi connectivity index (χ2n) is 4.56. The summed E-state index contributed by atoms with van der Waals surface area (Å²) >= 11 is 0. The maximum atomic E-state index is 12.7. The molecule has 0 bridgehead atoms. The van der Waals surface area contributed by atoms with E-state index in [1.807, 2.05) is 0 Å². The molecule has 1 heterocycles. The highest BCUT2D eigenvalue weighted by molar-refractivity contribution is 5.94. The molecule has 0 spiro atoms. The monoisotopic (exact) mass is 294 g/mol. The van der Waals surface area contributed by atoms with E-state index in [2.05, 4.69) is 10.3 Å². The maximum Gasteiger partial charge on any atom is 0.416 e. The smallest absolute Gasteiger partial charge is 0.345 e. The second-order valence-corrected chi connectivity index (χ2v) is 4.56. The van der Waals surface area contributed by atoms with Crippen LogP contribution >= 0.6 is 0 Å². The van der Waals surface area contributed by atoms with Crippen molar-refractivity contribution < 1.29 is 18.0 Å². The first-order chi connectivity index (χ1) is 9.88. The first kappa shape index (κ1) is 15.0. The number of hydrogen-bond donors (Lipinski definition) is 1. The van der Waals surface area contributed by atoms with Crippen molar-refractivity contribution in [3.63, 3.8) is 0 Å². The van der Waals surface area contributed by atoms with Gasteiger partial charge >= 0.3 is 6.18 Å². The van der Waals surface area contributed by atoms with Gasteiger partial charge in [-0.1, -0.05) is 12.1 Å². The van der Waals surface area contributed by atoms with E-state index >= 15 is 0 Å². The van der Waals surface area contributed by atoms with Crippen molar-refractivity contribution in [3.8, 4) is 0 Å². The van der Waals surface area contributed by atoms with Crippen LogP contribution in [0.5, 0.6) is 0 Å². The van der Waals surface area contributed by atoms with Gasteiger partial charge in [-0.2, -0.15) is 13.2 Å². The molecule has 2 rings (SSSR count). The molecule has 6 heteroatoms. The Kier molecular flexibility index (Phi) is 4.26. The molecule has 0 saturated heterocycles. The fraction of sp³-hybridized carbons (Fsp3) is 0.200. The van der Waals surface area contributed by atoms with Crippen molar-refractivity contribution in [1.29, 1.82) is 0 Å². The molecule has 1 aromatic carbocycles. The van der Waals surface area contributed by atoms with E-state index in [9.17, 15) is 18.0 Å². The zero-order valence-corrected chi connectivity index (χ0v) is 11.2. The summed E-state index contributed by atoms with van der Waals surface area (Å²) in [6, 6.07) is 7.56. The Bertz CT molecular complexity index is 626. The minimum Gasteiger partial charge on any atom is -0.345 e. The van der Waals surface area contributed by atoms with Gasteiger partial charge in [-0.05, 0) is 36.8 Å². The van der Waals surface area contributed by atoms with E-state index < -0.39 is 17.8 Å². The summed E-state index contributed by atoms with van der Waals surface area (Å²) in [6.45, 7) is 1.63. The number of halogens is 3. The topological polar surface area (TPSA) is 42.0 Å². The predicted octanol–water partition coefficient (Wildman–Crippen LogP) is 3.59.